The van der Waals surface area contributed by atoms with E-state index in [1.165, 1.54) is 17.0 Å². The fourth-order valence-corrected chi connectivity index (χ4v) is 4.63. The molecule has 2 aliphatic rings. The van der Waals surface area contributed by atoms with Crippen molar-refractivity contribution in [1.29, 1.82) is 0 Å². The van der Waals surface area contributed by atoms with E-state index >= 15 is 0 Å². The van der Waals surface area contributed by atoms with Crippen LogP contribution in [0.4, 0.5) is 24.1 Å². The molecule has 7 nitrogen and oxygen atoms in total. The van der Waals surface area contributed by atoms with Gasteiger partial charge < -0.3 is 14.4 Å². The molecule has 2 aromatic carbocycles. The van der Waals surface area contributed by atoms with Crippen LogP contribution in [0.25, 0.3) is 0 Å². The molecule has 2 aliphatic heterocycles. The SMILES string of the molecule is Cc1cc(N2C(=O)O[C@@H](CN3CCN(C(=O)OC(C)(C)C)CC3)[C@@H]2c2cc(F)cc(F)c2)ccc1Cl. The summed E-state index contributed by atoms with van der Waals surface area (Å²) in [5.41, 5.74) is 0.994. The highest BCUT2D eigenvalue weighted by molar-refractivity contribution is 6.31. The summed E-state index contributed by atoms with van der Waals surface area (Å²) in [4.78, 5) is 30.6. The van der Waals surface area contributed by atoms with Gasteiger partial charge in [-0.25, -0.2) is 18.4 Å². The number of carbonyl (C=O) groups excluding carboxylic acids is 2. The number of hydrogen-bond acceptors (Lipinski definition) is 5. The molecule has 2 heterocycles. The first-order valence-corrected chi connectivity index (χ1v) is 12.2. The Labute approximate surface area is 214 Å². The zero-order chi connectivity index (χ0) is 26.2. The topological polar surface area (TPSA) is 62.3 Å². The molecule has 0 aromatic heterocycles. The fraction of sp³-hybridized carbons (Fsp3) is 0.462. The molecule has 194 valence electrons. The van der Waals surface area contributed by atoms with Gasteiger partial charge >= 0.3 is 12.2 Å². The second-order valence-electron chi connectivity index (χ2n) is 10.1. The van der Waals surface area contributed by atoms with Crippen molar-refractivity contribution in [3.8, 4) is 0 Å². The Morgan fingerprint density at radius 3 is 2.31 bits per heavy atom. The Bertz CT molecular complexity index is 1130. The highest BCUT2D eigenvalue weighted by atomic mass is 35.5. The van der Waals surface area contributed by atoms with Crippen LogP contribution in [-0.4, -0.2) is 66.4 Å². The maximum atomic E-state index is 14.2. The highest BCUT2D eigenvalue weighted by Gasteiger charge is 2.45. The molecule has 0 aliphatic carbocycles. The summed E-state index contributed by atoms with van der Waals surface area (Å²) >= 11 is 6.17. The van der Waals surface area contributed by atoms with Crippen molar-refractivity contribution in [2.45, 2.75) is 45.4 Å². The van der Waals surface area contributed by atoms with E-state index < -0.39 is 35.5 Å². The Kier molecular flexibility index (Phi) is 7.43. The van der Waals surface area contributed by atoms with E-state index in [1.54, 1.807) is 23.1 Å². The monoisotopic (exact) mass is 521 g/mol. The van der Waals surface area contributed by atoms with Gasteiger partial charge in [-0.15, -0.1) is 0 Å². The minimum atomic E-state index is -0.757. The maximum Gasteiger partial charge on any atom is 0.415 e. The molecule has 36 heavy (non-hydrogen) atoms. The van der Waals surface area contributed by atoms with Crippen molar-refractivity contribution >= 4 is 29.5 Å². The zero-order valence-corrected chi connectivity index (χ0v) is 21.5. The van der Waals surface area contributed by atoms with E-state index in [1.807, 2.05) is 27.7 Å². The molecule has 4 rings (SSSR count). The van der Waals surface area contributed by atoms with Crippen molar-refractivity contribution in [2.24, 2.45) is 0 Å². The summed E-state index contributed by atoms with van der Waals surface area (Å²) in [5, 5.41) is 0.541. The van der Waals surface area contributed by atoms with Gasteiger partial charge in [-0.2, -0.15) is 0 Å². The van der Waals surface area contributed by atoms with Crippen LogP contribution in [0.3, 0.4) is 0 Å². The van der Waals surface area contributed by atoms with Gasteiger partial charge in [-0.05, 0) is 69.2 Å². The van der Waals surface area contributed by atoms with Crippen LogP contribution in [0.15, 0.2) is 36.4 Å². The molecule has 2 aromatic rings. The van der Waals surface area contributed by atoms with E-state index in [4.69, 9.17) is 21.1 Å². The highest BCUT2D eigenvalue weighted by Crippen LogP contribution is 2.39. The van der Waals surface area contributed by atoms with Gasteiger partial charge in [-0.3, -0.25) is 9.80 Å². The van der Waals surface area contributed by atoms with Gasteiger partial charge in [0.25, 0.3) is 0 Å². The first-order chi connectivity index (χ1) is 16.9. The summed E-state index contributed by atoms with van der Waals surface area (Å²) in [6.45, 7) is 9.58. The Hall–Kier alpha value is -2.91. The Balaban J connectivity index is 1.55. The summed E-state index contributed by atoms with van der Waals surface area (Å²) in [6.07, 6.45) is -1.67. The molecule has 0 N–H and O–H groups in total. The summed E-state index contributed by atoms with van der Waals surface area (Å²) < 4.78 is 39.6. The van der Waals surface area contributed by atoms with Crippen molar-refractivity contribution in [3.05, 3.63) is 64.2 Å². The van der Waals surface area contributed by atoms with E-state index in [0.717, 1.165) is 11.6 Å². The average molecular weight is 522 g/mol. The molecule has 0 spiro atoms. The lowest BCUT2D eigenvalue weighted by Crippen LogP contribution is -2.52. The number of hydrogen-bond donors (Lipinski definition) is 0. The quantitative estimate of drug-likeness (QED) is 0.528. The van der Waals surface area contributed by atoms with Gasteiger partial charge in [0.1, 0.15) is 29.4 Å². The minimum Gasteiger partial charge on any atom is -0.444 e. The summed E-state index contributed by atoms with van der Waals surface area (Å²) in [7, 11) is 0. The standard InChI is InChI=1S/C26H30ClF2N3O4/c1-16-11-20(5-6-21(16)27)32-23(17-12-18(28)14-19(29)13-17)22(35-25(32)34)15-30-7-9-31(10-8-30)24(33)36-26(2,3)4/h5-6,11-14,22-23H,7-10,15H2,1-4H3/t22-,23-/m0/s1. The first-order valence-electron chi connectivity index (χ1n) is 11.8. The Morgan fingerprint density at radius 2 is 1.72 bits per heavy atom. The molecule has 2 fully saturated rings. The minimum absolute atomic E-state index is 0.295. The fourth-order valence-electron chi connectivity index (χ4n) is 4.52. The van der Waals surface area contributed by atoms with Gasteiger partial charge in [0.15, 0.2) is 0 Å². The molecular weight excluding hydrogens is 492 g/mol. The summed E-state index contributed by atoms with van der Waals surface area (Å²) in [6, 6.07) is 7.58. The lowest BCUT2D eigenvalue weighted by Gasteiger charge is -2.37. The summed E-state index contributed by atoms with van der Waals surface area (Å²) in [5.74, 6) is -1.47. The van der Waals surface area contributed by atoms with Crippen molar-refractivity contribution in [3.63, 3.8) is 0 Å². The molecule has 0 unspecified atom stereocenters. The average Bonchev–Trinajstić information content (AvgIpc) is 3.10. The van der Waals surface area contributed by atoms with Crippen LogP contribution in [0.5, 0.6) is 0 Å². The molecule has 0 bridgehead atoms. The third-order valence-corrected chi connectivity index (χ3v) is 6.61. The smallest absolute Gasteiger partial charge is 0.415 e. The number of benzene rings is 2. The van der Waals surface area contributed by atoms with Gasteiger partial charge in [0.2, 0.25) is 0 Å². The molecule has 2 saturated heterocycles. The van der Waals surface area contributed by atoms with Crippen LogP contribution in [-0.2, 0) is 9.47 Å². The Morgan fingerprint density at radius 1 is 1.08 bits per heavy atom. The van der Waals surface area contributed by atoms with Crippen LogP contribution in [0, 0.1) is 18.6 Å². The van der Waals surface area contributed by atoms with Gasteiger partial charge in [0.05, 0.1) is 0 Å². The van der Waals surface area contributed by atoms with Crippen molar-refractivity contribution < 1.29 is 27.8 Å². The number of cyclic esters (lactones) is 1. The van der Waals surface area contributed by atoms with Crippen LogP contribution < -0.4 is 4.90 Å². The number of ether oxygens (including phenoxy) is 2. The van der Waals surface area contributed by atoms with Crippen LogP contribution in [0.1, 0.15) is 37.9 Å². The molecular formula is C26H30ClF2N3O4. The number of carbonyl (C=O) groups is 2. The number of amides is 2. The maximum absolute atomic E-state index is 14.2. The van der Waals surface area contributed by atoms with Gasteiger partial charge in [-0.1, -0.05) is 11.6 Å². The van der Waals surface area contributed by atoms with Gasteiger partial charge in [0, 0.05) is 49.5 Å². The molecule has 0 saturated carbocycles. The third kappa shape index (κ3) is 5.90. The molecule has 2 atom stereocenters. The largest absolute Gasteiger partial charge is 0.444 e. The number of halogens is 3. The second-order valence-corrected chi connectivity index (χ2v) is 10.5. The van der Waals surface area contributed by atoms with E-state index in [2.05, 4.69) is 4.90 Å². The third-order valence-electron chi connectivity index (χ3n) is 6.19. The zero-order valence-electron chi connectivity index (χ0n) is 20.8. The van der Waals surface area contributed by atoms with E-state index in [0.29, 0.717) is 49.0 Å². The first kappa shape index (κ1) is 26.2. The lowest BCUT2D eigenvalue weighted by atomic mass is 9.98. The van der Waals surface area contributed by atoms with Crippen LogP contribution >= 0.6 is 11.6 Å². The number of rotatable bonds is 4. The van der Waals surface area contributed by atoms with Crippen molar-refractivity contribution in [1.82, 2.24) is 9.80 Å². The van der Waals surface area contributed by atoms with Crippen LogP contribution in [0.2, 0.25) is 5.02 Å². The second kappa shape index (κ2) is 10.2. The number of piperazine rings is 1. The predicted molar refractivity (Wildman–Crippen MR) is 132 cm³/mol. The number of nitrogens with zero attached hydrogens (tertiary/aromatic N) is 3. The number of aryl methyl sites for hydroxylation is 1. The molecule has 2 amide bonds. The molecule has 0 radical (unpaired) electrons. The van der Waals surface area contributed by atoms with E-state index in [-0.39, 0.29) is 6.09 Å². The normalized spacial score (nSPS) is 21.0. The number of anilines is 1. The predicted octanol–water partition coefficient (Wildman–Crippen LogP) is 5.55. The lowest BCUT2D eigenvalue weighted by molar-refractivity contribution is 0.0103. The van der Waals surface area contributed by atoms with Crippen molar-refractivity contribution in [2.75, 3.05) is 37.6 Å². The molecule has 10 heteroatoms. The van der Waals surface area contributed by atoms with E-state index in [9.17, 15) is 18.4 Å².